The summed E-state index contributed by atoms with van der Waals surface area (Å²) in [7, 11) is 2.09. The van der Waals surface area contributed by atoms with Crippen LogP contribution in [0.2, 0.25) is 5.02 Å². The molecule has 1 saturated heterocycles. The van der Waals surface area contributed by atoms with Crippen molar-refractivity contribution in [3.63, 3.8) is 0 Å². The third-order valence-electron chi connectivity index (χ3n) is 3.37. The van der Waals surface area contributed by atoms with Crippen LogP contribution in [0.4, 0.5) is 5.69 Å². The van der Waals surface area contributed by atoms with E-state index in [9.17, 15) is 0 Å². The highest BCUT2D eigenvalue weighted by Gasteiger charge is 2.18. The maximum Gasteiger partial charge on any atom is 0.0750 e. The Morgan fingerprint density at radius 1 is 1.50 bits per heavy atom. The fraction of sp³-hybridized carbons (Fsp3) is 0.571. The molecule has 1 fully saturated rings. The molecule has 0 aromatic heterocycles. The molecule has 0 amide bonds. The molecule has 0 aliphatic carbocycles. The zero-order valence-corrected chi connectivity index (χ0v) is 11.6. The van der Waals surface area contributed by atoms with Crippen LogP contribution in [0.5, 0.6) is 0 Å². The molecule has 1 atom stereocenters. The number of hydrogen-bond acceptors (Lipinski definition) is 3. The average molecular weight is 269 g/mol. The maximum atomic E-state index is 6.09. The van der Waals surface area contributed by atoms with Gasteiger partial charge in [-0.1, -0.05) is 17.7 Å². The van der Waals surface area contributed by atoms with Crippen molar-refractivity contribution in [1.29, 1.82) is 0 Å². The van der Waals surface area contributed by atoms with Crippen LogP contribution in [-0.4, -0.2) is 32.8 Å². The van der Waals surface area contributed by atoms with Crippen LogP contribution < -0.4 is 10.6 Å². The summed E-state index contributed by atoms with van der Waals surface area (Å²) < 4.78 is 5.68. The number of benzene rings is 1. The normalized spacial score (nSPS) is 19.2. The molecular formula is C14H21ClN2O. The van der Waals surface area contributed by atoms with E-state index in [1.165, 1.54) is 17.7 Å². The highest BCUT2D eigenvalue weighted by atomic mass is 35.5. The second-order valence-electron chi connectivity index (χ2n) is 4.83. The quantitative estimate of drug-likeness (QED) is 0.892. The van der Waals surface area contributed by atoms with Crippen LogP contribution in [-0.2, 0) is 11.2 Å². The van der Waals surface area contributed by atoms with E-state index in [-0.39, 0.29) is 0 Å². The summed E-state index contributed by atoms with van der Waals surface area (Å²) >= 11 is 6.09. The van der Waals surface area contributed by atoms with Crippen molar-refractivity contribution in [3.05, 3.63) is 28.8 Å². The molecule has 0 spiro atoms. The Bertz CT molecular complexity index is 391. The van der Waals surface area contributed by atoms with Gasteiger partial charge in [-0.3, -0.25) is 0 Å². The molecule has 2 rings (SSSR count). The summed E-state index contributed by atoms with van der Waals surface area (Å²) in [5.41, 5.74) is 8.08. The van der Waals surface area contributed by atoms with E-state index in [0.29, 0.717) is 12.6 Å². The second-order valence-corrected chi connectivity index (χ2v) is 5.26. The van der Waals surface area contributed by atoms with Crippen LogP contribution >= 0.6 is 11.6 Å². The molecule has 1 aliphatic heterocycles. The van der Waals surface area contributed by atoms with Gasteiger partial charge in [0.25, 0.3) is 0 Å². The number of anilines is 1. The van der Waals surface area contributed by atoms with Gasteiger partial charge in [0.05, 0.1) is 6.10 Å². The first-order valence-corrected chi connectivity index (χ1v) is 6.89. The van der Waals surface area contributed by atoms with Gasteiger partial charge in [0.2, 0.25) is 0 Å². The van der Waals surface area contributed by atoms with Crippen LogP contribution in [0.1, 0.15) is 18.4 Å². The number of nitrogens with zero attached hydrogens (tertiary/aromatic N) is 1. The number of hydrogen-bond donors (Lipinski definition) is 1. The Hall–Kier alpha value is -0.770. The summed E-state index contributed by atoms with van der Waals surface area (Å²) in [6.45, 7) is 2.46. The molecule has 4 heteroatoms. The van der Waals surface area contributed by atoms with E-state index in [4.69, 9.17) is 22.1 Å². The lowest BCUT2D eigenvalue weighted by atomic mass is 10.1. The molecule has 1 aliphatic rings. The molecule has 18 heavy (non-hydrogen) atoms. The number of rotatable bonds is 5. The number of ether oxygens (including phenoxy) is 1. The first kappa shape index (κ1) is 13.7. The van der Waals surface area contributed by atoms with E-state index < -0.39 is 0 Å². The van der Waals surface area contributed by atoms with Crippen molar-refractivity contribution in [1.82, 2.24) is 0 Å². The van der Waals surface area contributed by atoms with Crippen molar-refractivity contribution in [2.45, 2.75) is 25.4 Å². The predicted octanol–water partition coefficient (Wildman–Crippen LogP) is 2.46. The second kappa shape index (κ2) is 6.41. The SMILES string of the molecule is CN(CC1CCCO1)c1cc(Cl)ccc1CCN. The zero-order valence-electron chi connectivity index (χ0n) is 10.9. The molecule has 100 valence electrons. The minimum absolute atomic E-state index is 0.347. The van der Waals surface area contributed by atoms with Crippen molar-refractivity contribution >= 4 is 17.3 Å². The van der Waals surface area contributed by atoms with Gasteiger partial charge in [0.1, 0.15) is 0 Å². The minimum atomic E-state index is 0.347. The molecule has 1 heterocycles. The third-order valence-corrected chi connectivity index (χ3v) is 3.61. The van der Waals surface area contributed by atoms with Crippen LogP contribution in [0, 0.1) is 0 Å². The summed E-state index contributed by atoms with van der Waals surface area (Å²) in [6.07, 6.45) is 3.54. The number of likely N-dealkylation sites (N-methyl/N-ethyl adjacent to an activating group) is 1. The molecule has 3 nitrogen and oxygen atoms in total. The molecule has 1 unspecified atom stereocenters. The van der Waals surface area contributed by atoms with Gasteiger partial charge in [-0.2, -0.15) is 0 Å². The first-order valence-electron chi connectivity index (χ1n) is 6.52. The van der Waals surface area contributed by atoms with Crippen LogP contribution in [0.25, 0.3) is 0 Å². The third kappa shape index (κ3) is 3.37. The first-order chi connectivity index (χ1) is 8.70. The highest BCUT2D eigenvalue weighted by Crippen LogP contribution is 2.26. The Morgan fingerprint density at radius 3 is 3.00 bits per heavy atom. The van der Waals surface area contributed by atoms with E-state index in [0.717, 1.165) is 31.0 Å². The van der Waals surface area contributed by atoms with E-state index in [1.807, 2.05) is 12.1 Å². The molecule has 1 aromatic carbocycles. The van der Waals surface area contributed by atoms with Gasteiger partial charge in [-0.25, -0.2) is 0 Å². The van der Waals surface area contributed by atoms with Crippen molar-refractivity contribution in [2.24, 2.45) is 5.73 Å². The molecular weight excluding hydrogens is 248 g/mol. The lowest BCUT2D eigenvalue weighted by Gasteiger charge is -2.25. The minimum Gasteiger partial charge on any atom is -0.376 e. The van der Waals surface area contributed by atoms with Crippen molar-refractivity contribution < 1.29 is 4.74 Å². The fourth-order valence-corrected chi connectivity index (χ4v) is 2.62. The lowest BCUT2D eigenvalue weighted by molar-refractivity contribution is 0.116. The summed E-state index contributed by atoms with van der Waals surface area (Å²) in [4.78, 5) is 2.23. The standard InChI is InChI=1S/C14H21ClN2O/c1-17(10-13-3-2-8-18-13)14-9-12(15)5-4-11(14)6-7-16/h4-5,9,13H,2-3,6-8,10,16H2,1H3. The molecule has 0 radical (unpaired) electrons. The van der Waals surface area contributed by atoms with Crippen LogP contribution in [0.15, 0.2) is 18.2 Å². The highest BCUT2D eigenvalue weighted by molar-refractivity contribution is 6.30. The largest absolute Gasteiger partial charge is 0.376 e. The monoisotopic (exact) mass is 268 g/mol. The summed E-state index contributed by atoms with van der Waals surface area (Å²) in [5, 5.41) is 0.768. The Balaban J connectivity index is 2.11. The van der Waals surface area contributed by atoms with E-state index >= 15 is 0 Å². The van der Waals surface area contributed by atoms with Crippen molar-refractivity contribution in [2.75, 3.05) is 31.6 Å². The Labute approximate surface area is 114 Å². The Kier molecular flexibility index (Phi) is 4.87. The van der Waals surface area contributed by atoms with Crippen molar-refractivity contribution in [3.8, 4) is 0 Å². The van der Waals surface area contributed by atoms with Gasteiger partial charge in [-0.05, 0) is 43.5 Å². The Morgan fingerprint density at radius 2 is 2.33 bits per heavy atom. The lowest BCUT2D eigenvalue weighted by Crippen LogP contribution is -2.29. The van der Waals surface area contributed by atoms with Gasteiger partial charge in [-0.15, -0.1) is 0 Å². The van der Waals surface area contributed by atoms with Gasteiger partial charge >= 0.3 is 0 Å². The summed E-state index contributed by atoms with van der Waals surface area (Å²) in [6, 6.07) is 6.01. The number of nitrogens with two attached hydrogens (primary N) is 1. The number of halogens is 1. The zero-order chi connectivity index (χ0) is 13.0. The molecule has 2 N–H and O–H groups in total. The topological polar surface area (TPSA) is 38.5 Å². The molecule has 1 aromatic rings. The molecule has 0 bridgehead atoms. The predicted molar refractivity (Wildman–Crippen MR) is 76.5 cm³/mol. The van der Waals surface area contributed by atoms with Gasteiger partial charge in [0.15, 0.2) is 0 Å². The smallest absolute Gasteiger partial charge is 0.0750 e. The average Bonchev–Trinajstić information content (AvgIpc) is 2.84. The maximum absolute atomic E-state index is 6.09. The van der Waals surface area contributed by atoms with Crippen LogP contribution in [0.3, 0.4) is 0 Å². The molecule has 0 saturated carbocycles. The van der Waals surface area contributed by atoms with E-state index in [2.05, 4.69) is 18.0 Å². The van der Waals surface area contributed by atoms with Gasteiger partial charge in [0, 0.05) is 30.9 Å². The van der Waals surface area contributed by atoms with E-state index in [1.54, 1.807) is 0 Å². The van der Waals surface area contributed by atoms with Gasteiger partial charge < -0.3 is 15.4 Å². The fourth-order valence-electron chi connectivity index (χ4n) is 2.45. The summed E-state index contributed by atoms with van der Waals surface area (Å²) in [5.74, 6) is 0.